The van der Waals surface area contributed by atoms with E-state index in [1.807, 2.05) is 19.9 Å². The third-order valence-electron chi connectivity index (χ3n) is 4.31. The van der Waals surface area contributed by atoms with Crippen LogP contribution in [0.15, 0.2) is 24.3 Å². The molecule has 3 heterocycles. The van der Waals surface area contributed by atoms with Crippen molar-refractivity contribution in [1.29, 1.82) is 0 Å². The minimum absolute atomic E-state index is 0.229. The van der Waals surface area contributed by atoms with Crippen molar-refractivity contribution >= 4 is 33.3 Å². The van der Waals surface area contributed by atoms with E-state index < -0.39 is 0 Å². The Balaban J connectivity index is 1.74. The van der Waals surface area contributed by atoms with Crippen molar-refractivity contribution in [2.75, 3.05) is 5.32 Å². The van der Waals surface area contributed by atoms with E-state index in [0.29, 0.717) is 11.5 Å². The van der Waals surface area contributed by atoms with Gasteiger partial charge in [-0.15, -0.1) is 0 Å². The van der Waals surface area contributed by atoms with E-state index in [4.69, 9.17) is 4.98 Å². The second-order valence-electron chi connectivity index (χ2n) is 6.76. The molecule has 0 fully saturated rings. The summed E-state index contributed by atoms with van der Waals surface area (Å²) >= 11 is 1.56. The van der Waals surface area contributed by atoms with E-state index in [-0.39, 0.29) is 5.91 Å². The average Bonchev–Trinajstić information content (AvgIpc) is 3.24. The second-order valence-corrected chi connectivity index (χ2v) is 7.77. The van der Waals surface area contributed by atoms with Crippen LogP contribution in [-0.2, 0) is 7.05 Å². The Morgan fingerprint density at radius 1 is 1.04 bits per heavy atom. The number of nitrogens with zero attached hydrogens (tertiary/aromatic N) is 5. The molecule has 8 heteroatoms. The highest BCUT2D eigenvalue weighted by Crippen LogP contribution is 2.30. The zero-order valence-corrected chi connectivity index (χ0v) is 16.7. The molecule has 0 unspecified atom stereocenters. The smallest absolute Gasteiger partial charge is 0.275 e. The number of carbonyl (C=O) groups excluding carboxylic acids is 1. The van der Waals surface area contributed by atoms with Crippen molar-refractivity contribution in [3.63, 3.8) is 0 Å². The van der Waals surface area contributed by atoms with Gasteiger partial charge in [0.15, 0.2) is 0 Å². The van der Waals surface area contributed by atoms with E-state index in [2.05, 4.69) is 41.5 Å². The molecule has 0 saturated heterocycles. The van der Waals surface area contributed by atoms with Gasteiger partial charge in [-0.2, -0.15) is 14.9 Å². The van der Waals surface area contributed by atoms with Gasteiger partial charge in [-0.3, -0.25) is 9.48 Å². The Kier molecular flexibility index (Phi) is 4.07. The number of hydrogen-bond acceptors (Lipinski definition) is 5. The quantitative estimate of drug-likeness (QED) is 0.588. The van der Waals surface area contributed by atoms with Crippen LogP contribution in [0.4, 0.5) is 5.82 Å². The van der Waals surface area contributed by atoms with Crippen LogP contribution in [0.3, 0.4) is 0 Å². The monoisotopic (exact) mass is 380 g/mol. The Morgan fingerprint density at radius 3 is 2.48 bits per heavy atom. The summed E-state index contributed by atoms with van der Waals surface area (Å²) in [6, 6.07) is 7.84. The second kappa shape index (κ2) is 6.31. The van der Waals surface area contributed by atoms with E-state index in [9.17, 15) is 4.79 Å². The zero-order chi connectivity index (χ0) is 19.3. The fourth-order valence-electron chi connectivity index (χ4n) is 3.19. The molecular formula is C19H20N6OS. The van der Waals surface area contributed by atoms with Gasteiger partial charge in [0.05, 0.1) is 21.6 Å². The van der Waals surface area contributed by atoms with Crippen molar-refractivity contribution < 1.29 is 4.79 Å². The number of aryl methyl sites for hydroxylation is 5. The molecule has 0 aliphatic heterocycles. The van der Waals surface area contributed by atoms with E-state index in [0.717, 1.165) is 32.3 Å². The minimum atomic E-state index is -0.229. The number of nitrogens with one attached hydrogen (secondary N) is 1. The van der Waals surface area contributed by atoms with E-state index >= 15 is 0 Å². The van der Waals surface area contributed by atoms with Crippen LogP contribution in [0.1, 0.15) is 33.0 Å². The summed E-state index contributed by atoms with van der Waals surface area (Å²) in [5.74, 6) is 0.358. The highest BCUT2D eigenvalue weighted by Gasteiger charge is 2.18. The Hall–Kier alpha value is -3.00. The first-order valence-electron chi connectivity index (χ1n) is 8.58. The van der Waals surface area contributed by atoms with Gasteiger partial charge >= 0.3 is 0 Å². The van der Waals surface area contributed by atoms with Crippen molar-refractivity contribution in [3.8, 4) is 5.13 Å². The van der Waals surface area contributed by atoms with Crippen LogP contribution in [0, 0.1) is 27.7 Å². The molecule has 3 aromatic heterocycles. The number of thiazole rings is 1. The van der Waals surface area contributed by atoms with Crippen LogP contribution in [-0.4, -0.2) is 30.5 Å². The highest BCUT2D eigenvalue weighted by molar-refractivity contribution is 7.20. The maximum Gasteiger partial charge on any atom is 0.275 e. The molecule has 27 heavy (non-hydrogen) atoms. The van der Waals surface area contributed by atoms with Crippen LogP contribution in [0.5, 0.6) is 0 Å². The lowest BCUT2D eigenvalue weighted by Gasteiger charge is -2.06. The van der Waals surface area contributed by atoms with Gasteiger partial charge in [0.2, 0.25) is 5.13 Å². The molecule has 0 aliphatic rings. The topological polar surface area (TPSA) is 77.6 Å². The first-order chi connectivity index (χ1) is 12.8. The SMILES string of the molecule is Cc1cc(C)c2nc(-n3nc(C)cc3NC(=O)c3cc(C)nn3C)sc2c1. The van der Waals surface area contributed by atoms with Crippen LogP contribution < -0.4 is 5.32 Å². The predicted molar refractivity (Wildman–Crippen MR) is 107 cm³/mol. The third-order valence-corrected chi connectivity index (χ3v) is 5.29. The fraction of sp³-hybridized carbons (Fsp3) is 0.263. The molecule has 7 nitrogen and oxygen atoms in total. The van der Waals surface area contributed by atoms with Crippen LogP contribution >= 0.6 is 11.3 Å². The number of carbonyl (C=O) groups is 1. The largest absolute Gasteiger partial charge is 0.305 e. The molecule has 1 N–H and O–H groups in total. The Morgan fingerprint density at radius 2 is 1.78 bits per heavy atom. The summed E-state index contributed by atoms with van der Waals surface area (Å²) in [5, 5.41) is 12.4. The summed E-state index contributed by atoms with van der Waals surface area (Å²) < 4.78 is 4.37. The molecule has 0 aliphatic carbocycles. The van der Waals surface area contributed by atoms with Gasteiger partial charge in [-0.1, -0.05) is 17.4 Å². The van der Waals surface area contributed by atoms with Gasteiger partial charge in [0, 0.05) is 13.1 Å². The molecule has 0 spiro atoms. The summed E-state index contributed by atoms with van der Waals surface area (Å²) in [6.45, 7) is 7.88. The van der Waals surface area contributed by atoms with Gasteiger partial charge in [0.1, 0.15) is 11.5 Å². The molecule has 0 radical (unpaired) electrons. The van der Waals surface area contributed by atoms with Crippen LogP contribution in [0.25, 0.3) is 15.3 Å². The van der Waals surface area contributed by atoms with E-state index in [1.165, 1.54) is 5.56 Å². The normalized spacial score (nSPS) is 11.3. The first-order valence-corrected chi connectivity index (χ1v) is 9.40. The maximum absolute atomic E-state index is 12.7. The van der Waals surface area contributed by atoms with Gasteiger partial charge in [-0.05, 0) is 51.0 Å². The average molecular weight is 380 g/mol. The standard InChI is InChI=1S/C19H20N6OS/c1-10-6-11(2)17-15(7-10)27-19(21-17)25-16(9-13(4)23-25)20-18(26)14-8-12(3)22-24(14)5/h6-9H,1-5H3,(H,20,26). The van der Waals surface area contributed by atoms with Crippen molar-refractivity contribution in [2.45, 2.75) is 27.7 Å². The van der Waals surface area contributed by atoms with Gasteiger partial charge in [0.25, 0.3) is 5.91 Å². The summed E-state index contributed by atoms with van der Waals surface area (Å²) in [4.78, 5) is 17.4. The van der Waals surface area contributed by atoms with Crippen LogP contribution in [0.2, 0.25) is 0 Å². The van der Waals surface area contributed by atoms with Crippen molar-refractivity contribution in [1.82, 2.24) is 24.5 Å². The number of aromatic nitrogens is 5. The number of anilines is 1. The number of benzene rings is 1. The number of fused-ring (bicyclic) bond motifs is 1. The molecule has 4 rings (SSSR count). The van der Waals surface area contributed by atoms with Crippen molar-refractivity contribution in [2.24, 2.45) is 7.05 Å². The molecule has 1 amide bonds. The molecule has 0 bridgehead atoms. The van der Waals surface area contributed by atoms with Gasteiger partial charge in [-0.25, -0.2) is 4.98 Å². The molecular weight excluding hydrogens is 360 g/mol. The summed E-state index contributed by atoms with van der Waals surface area (Å²) in [6.07, 6.45) is 0. The summed E-state index contributed by atoms with van der Waals surface area (Å²) in [7, 11) is 1.75. The lowest BCUT2D eigenvalue weighted by atomic mass is 10.1. The maximum atomic E-state index is 12.7. The number of amides is 1. The highest BCUT2D eigenvalue weighted by atomic mass is 32.1. The predicted octanol–water partition coefficient (Wildman–Crippen LogP) is 3.70. The molecule has 1 aromatic carbocycles. The molecule has 4 aromatic rings. The number of rotatable bonds is 3. The minimum Gasteiger partial charge on any atom is -0.305 e. The number of hydrogen-bond donors (Lipinski definition) is 1. The zero-order valence-electron chi connectivity index (χ0n) is 15.9. The summed E-state index contributed by atoms with van der Waals surface area (Å²) in [5.41, 5.74) is 5.39. The fourth-order valence-corrected chi connectivity index (χ4v) is 4.29. The lowest BCUT2D eigenvalue weighted by molar-refractivity contribution is 0.101. The van der Waals surface area contributed by atoms with E-state index in [1.54, 1.807) is 33.8 Å². The Bertz CT molecular complexity index is 1180. The third kappa shape index (κ3) is 3.12. The van der Waals surface area contributed by atoms with Gasteiger partial charge < -0.3 is 5.32 Å². The lowest BCUT2D eigenvalue weighted by Crippen LogP contribution is -2.18. The molecule has 0 saturated carbocycles. The van der Waals surface area contributed by atoms with Crippen molar-refractivity contribution in [3.05, 3.63) is 52.5 Å². The molecule has 0 atom stereocenters. The first kappa shape index (κ1) is 17.4. The molecule has 138 valence electrons. The Labute approximate surface area is 160 Å².